The van der Waals surface area contributed by atoms with Crippen molar-refractivity contribution in [3.63, 3.8) is 0 Å². The predicted molar refractivity (Wildman–Crippen MR) is 91.8 cm³/mol. The summed E-state index contributed by atoms with van der Waals surface area (Å²) in [6.07, 6.45) is 0.202. The van der Waals surface area contributed by atoms with E-state index in [0.29, 0.717) is 0 Å². The topological polar surface area (TPSA) is 123 Å². The van der Waals surface area contributed by atoms with Crippen molar-refractivity contribution < 1.29 is 19.5 Å². The van der Waals surface area contributed by atoms with Gasteiger partial charge in [-0.25, -0.2) is 4.79 Å². The predicted octanol–water partition coefficient (Wildman–Crippen LogP) is 1.24. The van der Waals surface area contributed by atoms with E-state index in [1.54, 1.807) is 0 Å². The van der Waals surface area contributed by atoms with E-state index in [-0.39, 0.29) is 29.8 Å². The van der Waals surface area contributed by atoms with Crippen molar-refractivity contribution in [1.29, 1.82) is 0 Å². The van der Waals surface area contributed by atoms with Gasteiger partial charge in [0.1, 0.15) is 17.5 Å². The van der Waals surface area contributed by atoms with Crippen molar-refractivity contribution in [2.75, 3.05) is 0 Å². The summed E-state index contributed by atoms with van der Waals surface area (Å²) < 4.78 is -0.578. The quantitative estimate of drug-likeness (QED) is 0.703. The molecule has 2 saturated heterocycles. The number of quaternary nitrogens is 1. The van der Waals surface area contributed by atoms with Crippen LogP contribution in [0, 0.1) is 0 Å². The highest BCUT2D eigenvalue weighted by atomic mass is 32.2. The molecular formula is C16H22N3O4S+. The zero-order valence-corrected chi connectivity index (χ0v) is 14.7. The van der Waals surface area contributed by atoms with E-state index >= 15 is 0 Å². The first-order chi connectivity index (χ1) is 10.8. The Morgan fingerprint density at radius 3 is 2.50 bits per heavy atom. The first kappa shape index (κ1) is 18.3. The van der Waals surface area contributed by atoms with Gasteiger partial charge >= 0.3 is 5.97 Å². The van der Waals surface area contributed by atoms with Gasteiger partial charge in [0, 0.05) is 4.75 Å². The number of benzene rings is 1. The third kappa shape index (κ3) is 2.99. The van der Waals surface area contributed by atoms with E-state index in [1.165, 1.54) is 16.7 Å². The zero-order chi connectivity index (χ0) is 16.8. The molecule has 3 rings (SSSR count). The van der Waals surface area contributed by atoms with E-state index < -0.39 is 22.8 Å². The Balaban J connectivity index is 0.00000208. The fourth-order valence-electron chi connectivity index (χ4n) is 3.15. The lowest BCUT2D eigenvalue weighted by molar-refractivity contribution is -0.161. The standard InChI is InChI=1S/C16H18N2O4S.H3N/c1-16(2)12(15(21)22)18-13(20)11(14(18)23-16)17-10(19)8-9-6-4-3-5-7-9;/h3-7,11-12,14H,8H2,1-2H3,(H,17,19)(H,21,22);1H3/p+1/t11-,12+,14-;/m1./s1. The van der Waals surface area contributed by atoms with Crippen molar-refractivity contribution in [2.24, 2.45) is 0 Å². The summed E-state index contributed by atoms with van der Waals surface area (Å²) in [5.74, 6) is -1.55. The van der Waals surface area contributed by atoms with Gasteiger partial charge < -0.3 is 21.5 Å². The third-order valence-corrected chi connectivity index (χ3v) is 5.77. The number of carboxylic acids is 1. The number of fused-ring (bicyclic) bond motifs is 1. The van der Waals surface area contributed by atoms with E-state index in [1.807, 2.05) is 44.2 Å². The van der Waals surface area contributed by atoms with Gasteiger partial charge in [0.05, 0.1) is 6.42 Å². The van der Waals surface area contributed by atoms with E-state index in [9.17, 15) is 19.5 Å². The monoisotopic (exact) mass is 352 g/mol. The second kappa shape index (κ2) is 6.45. The Kier molecular flexibility index (Phi) is 4.91. The molecule has 3 atom stereocenters. The molecule has 1 aromatic rings. The highest BCUT2D eigenvalue weighted by molar-refractivity contribution is 8.01. The molecule has 6 N–H and O–H groups in total. The first-order valence-corrected chi connectivity index (χ1v) is 8.25. The summed E-state index contributed by atoms with van der Waals surface area (Å²) in [5.41, 5.74) is 0.872. The van der Waals surface area contributed by atoms with Crippen LogP contribution in [0.25, 0.3) is 0 Å². The average molecular weight is 352 g/mol. The summed E-state index contributed by atoms with van der Waals surface area (Å²) in [5, 5.41) is 11.8. The van der Waals surface area contributed by atoms with Crippen LogP contribution < -0.4 is 11.5 Å². The van der Waals surface area contributed by atoms with Crippen LogP contribution in [0.4, 0.5) is 0 Å². The molecule has 0 aliphatic carbocycles. The summed E-state index contributed by atoms with van der Waals surface area (Å²) >= 11 is 1.42. The molecule has 0 radical (unpaired) electrons. The fraction of sp³-hybridized carbons (Fsp3) is 0.438. The summed E-state index contributed by atoms with van der Waals surface area (Å²) in [4.78, 5) is 37.2. The molecule has 1 aromatic carbocycles. The number of β-lactam (4-membered cyclic amide) rings is 1. The van der Waals surface area contributed by atoms with Crippen molar-refractivity contribution in [3.8, 4) is 0 Å². The van der Waals surface area contributed by atoms with Gasteiger partial charge in [-0.15, -0.1) is 11.8 Å². The Bertz CT molecular complexity index is 665. The smallest absolute Gasteiger partial charge is 0.327 e. The minimum atomic E-state index is -1.01. The van der Waals surface area contributed by atoms with Gasteiger partial charge in [-0.3, -0.25) is 9.59 Å². The molecule has 7 nitrogen and oxygen atoms in total. The normalized spacial score (nSPS) is 26.8. The van der Waals surface area contributed by atoms with Crippen LogP contribution in [0.5, 0.6) is 0 Å². The molecule has 2 amide bonds. The Labute approximate surface area is 144 Å². The van der Waals surface area contributed by atoms with Crippen LogP contribution >= 0.6 is 11.8 Å². The van der Waals surface area contributed by atoms with Crippen LogP contribution in [-0.4, -0.2) is 50.0 Å². The number of carboxylic acid groups (broad SMARTS) is 1. The number of nitrogens with one attached hydrogen (secondary N) is 1. The molecule has 2 heterocycles. The van der Waals surface area contributed by atoms with Crippen LogP contribution in [0.15, 0.2) is 30.3 Å². The van der Waals surface area contributed by atoms with Gasteiger partial charge in [0.15, 0.2) is 0 Å². The lowest BCUT2D eigenvalue weighted by atomic mass is 9.96. The van der Waals surface area contributed by atoms with Crippen molar-refractivity contribution in [2.45, 2.75) is 42.5 Å². The number of aliphatic carboxylic acids is 1. The third-order valence-electron chi connectivity index (χ3n) is 4.20. The SMILES string of the molecule is CC1(C)S[C@@H]2[C@H](NC(=O)Cc3ccccc3)C(=O)N2[C@H]1C(=O)O.[NH4+]. The van der Waals surface area contributed by atoms with Crippen LogP contribution in [0.1, 0.15) is 19.4 Å². The number of thioether (sulfide) groups is 1. The van der Waals surface area contributed by atoms with Gasteiger partial charge in [0.25, 0.3) is 0 Å². The zero-order valence-electron chi connectivity index (χ0n) is 13.9. The second-order valence-electron chi connectivity index (χ2n) is 6.31. The van der Waals surface area contributed by atoms with Crippen molar-refractivity contribution in [1.82, 2.24) is 16.4 Å². The fourth-order valence-corrected chi connectivity index (χ4v) is 4.78. The maximum absolute atomic E-state index is 12.3. The maximum atomic E-state index is 12.3. The molecule has 8 heteroatoms. The van der Waals surface area contributed by atoms with Gasteiger partial charge in [-0.2, -0.15) is 0 Å². The molecule has 0 saturated carbocycles. The minimum absolute atomic E-state index is 0. The summed E-state index contributed by atoms with van der Waals surface area (Å²) in [6, 6.07) is 7.78. The highest BCUT2D eigenvalue weighted by Gasteiger charge is 2.64. The van der Waals surface area contributed by atoms with Crippen LogP contribution in [0.3, 0.4) is 0 Å². The Hall–Kier alpha value is -2.06. The van der Waals surface area contributed by atoms with E-state index in [0.717, 1.165) is 5.56 Å². The number of nitrogens with zero attached hydrogens (tertiary/aromatic N) is 1. The van der Waals surface area contributed by atoms with Gasteiger partial charge in [-0.05, 0) is 19.4 Å². The maximum Gasteiger partial charge on any atom is 0.327 e. The van der Waals surface area contributed by atoms with Gasteiger partial charge in [0.2, 0.25) is 11.8 Å². The summed E-state index contributed by atoms with van der Waals surface area (Å²) in [7, 11) is 0. The molecule has 0 bridgehead atoms. The van der Waals surface area contributed by atoms with Gasteiger partial charge in [-0.1, -0.05) is 30.3 Å². The van der Waals surface area contributed by atoms with Crippen LogP contribution in [-0.2, 0) is 20.8 Å². The minimum Gasteiger partial charge on any atom is -0.480 e. The largest absolute Gasteiger partial charge is 0.480 e. The molecule has 0 unspecified atom stereocenters. The molecule has 0 spiro atoms. The number of hydrogen-bond acceptors (Lipinski definition) is 4. The van der Waals surface area contributed by atoms with E-state index in [2.05, 4.69) is 5.32 Å². The molecule has 2 aliphatic heterocycles. The first-order valence-electron chi connectivity index (χ1n) is 7.37. The highest BCUT2D eigenvalue weighted by Crippen LogP contribution is 2.50. The number of amides is 2. The average Bonchev–Trinajstić information content (AvgIpc) is 2.74. The second-order valence-corrected chi connectivity index (χ2v) is 8.08. The summed E-state index contributed by atoms with van der Waals surface area (Å²) in [6.45, 7) is 3.62. The van der Waals surface area contributed by atoms with Crippen molar-refractivity contribution in [3.05, 3.63) is 35.9 Å². The molecule has 130 valence electrons. The lowest BCUT2D eigenvalue weighted by Crippen LogP contribution is -2.70. The molecule has 2 aliphatic rings. The van der Waals surface area contributed by atoms with E-state index in [4.69, 9.17) is 0 Å². The Morgan fingerprint density at radius 2 is 1.92 bits per heavy atom. The Morgan fingerprint density at radius 1 is 1.29 bits per heavy atom. The number of carbonyl (C=O) groups is 3. The number of carbonyl (C=O) groups excluding carboxylic acids is 2. The lowest BCUT2D eigenvalue weighted by Gasteiger charge is -2.43. The number of rotatable bonds is 4. The number of hydrogen-bond donors (Lipinski definition) is 3. The molecular weight excluding hydrogens is 330 g/mol. The molecule has 24 heavy (non-hydrogen) atoms. The molecule has 0 aromatic heterocycles. The van der Waals surface area contributed by atoms with Crippen molar-refractivity contribution >= 4 is 29.5 Å². The molecule has 2 fully saturated rings. The van der Waals surface area contributed by atoms with Crippen LogP contribution in [0.2, 0.25) is 0 Å².